The predicted molar refractivity (Wildman–Crippen MR) is 128 cm³/mol. The van der Waals surface area contributed by atoms with Crippen LogP contribution in [-0.2, 0) is 9.53 Å². The first-order valence-electron chi connectivity index (χ1n) is 10.2. The number of ether oxygens (including phenoxy) is 1. The van der Waals surface area contributed by atoms with Gasteiger partial charge in [0.25, 0.3) is 5.91 Å². The summed E-state index contributed by atoms with van der Waals surface area (Å²) in [6, 6.07) is 31.0. The summed E-state index contributed by atoms with van der Waals surface area (Å²) >= 11 is 0. The van der Waals surface area contributed by atoms with Crippen molar-refractivity contribution in [3.05, 3.63) is 101 Å². The fraction of sp³-hybridized carbons (Fsp3) is 0.208. The molecular formula is C24H26N4O2P+. The van der Waals surface area contributed by atoms with Crippen molar-refractivity contribution >= 4 is 29.1 Å². The average molecular weight is 433 g/mol. The summed E-state index contributed by atoms with van der Waals surface area (Å²) in [6.45, 7) is 1.41. The Labute approximate surface area is 183 Å². The number of rotatable bonds is 11. The molecule has 7 heteroatoms. The average Bonchev–Trinajstić information content (AvgIpc) is 2.83. The minimum Gasteiger partial charge on any atom is -0.379 e. The van der Waals surface area contributed by atoms with E-state index in [1.165, 1.54) is 15.9 Å². The molecule has 1 amide bonds. The quantitative estimate of drug-likeness (QED) is 0.165. The van der Waals surface area contributed by atoms with Crippen molar-refractivity contribution in [1.29, 1.82) is 0 Å². The highest BCUT2D eigenvalue weighted by molar-refractivity contribution is 7.96. The third-order valence-corrected chi connectivity index (χ3v) is 9.24. The SMILES string of the molecule is [N-]=[N+]=NCCOCCNC(=O)C[P+](c1ccccc1)(c1ccccc1)c1ccccc1. The van der Waals surface area contributed by atoms with Gasteiger partial charge >= 0.3 is 0 Å². The molecule has 0 unspecified atom stereocenters. The first-order chi connectivity index (χ1) is 15.3. The molecule has 158 valence electrons. The van der Waals surface area contributed by atoms with Gasteiger partial charge in [-0.25, -0.2) is 0 Å². The molecule has 0 saturated carbocycles. The molecule has 31 heavy (non-hydrogen) atoms. The first kappa shape index (κ1) is 22.5. The fourth-order valence-corrected chi connectivity index (χ4v) is 7.58. The zero-order valence-corrected chi connectivity index (χ0v) is 18.2. The van der Waals surface area contributed by atoms with Crippen molar-refractivity contribution < 1.29 is 9.53 Å². The zero-order chi connectivity index (χ0) is 21.8. The Bertz CT molecular complexity index is 897. The van der Waals surface area contributed by atoms with E-state index in [1.807, 2.05) is 54.6 Å². The normalized spacial score (nSPS) is 10.8. The second-order valence-corrected chi connectivity index (χ2v) is 10.4. The van der Waals surface area contributed by atoms with Gasteiger partial charge in [-0.1, -0.05) is 59.7 Å². The van der Waals surface area contributed by atoms with Gasteiger partial charge < -0.3 is 10.1 Å². The maximum absolute atomic E-state index is 13.1. The lowest BCUT2D eigenvalue weighted by Gasteiger charge is -2.27. The molecule has 0 heterocycles. The molecule has 0 bridgehead atoms. The van der Waals surface area contributed by atoms with Gasteiger partial charge in [0.15, 0.2) is 6.16 Å². The number of carbonyl (C=O) groups excluding carboxylic acids is 1. The summed E-state index contributed by atoms with van der Waals surface area (Å²) in [4.78, 5) is 15.8. The summed E-state index contributed by atoms with van der Waals surface area (Å²) in [6.07, 6.45) is 0.379. The summed E-state index contributed by atoms with van der Waals surface area (Å²) < 4.78 is 5.40. The van der Waals surface area contributed by atoms with Crippen LogP contribution in [0.3, 0.4) is 0 Å². The Morgan fingerprint density at radius 3 is 1.77 bits per heavy atom. The van der Waals surface area contributed by atoms with Gasteiger partial charge in [-0.2, -0.15) is 0 Å². The molecular weight excluding hydrogens is 407 g/mol. The monoisotopic (exact) mass is 433 g/mol. The second kappa shape index (κ2) is 11.9. The summed E-state index contributed by atoms with van der Waals surface area (Å²) in [7, 11) is -2.19. The van der Waals surface area contributed by atoms with Gasteiger partial charge in [-0.3, -0.25) is 4.79 Å². The van der Waals surface area contributed by atoms with E-state index in [9.17, 15) is 4.79 Å². The summed E-state index contributed by atoms with van der Waals surface area (Å²) in [5.74, 6) is -0.0106. The number of nitrogens with zero attached hydrogens (tertiary/aromatic N) is 3. The molecule has 0 aliphatic carbocycles. The molecule has 3 aromatic carbocycles. The number of amides is 1. The lowest BCUT2D eigenvalue weighted by molar-refractivity contribution is -0.118. The van der Waals surface area contributed by atoms with E-state index in [-0.39, 0.29) is 12.5 Å². The van der Waals surface area contributed by atoms with E-state index < -0.39 is 7.26 Å². The highest BCUT2D eigenvalue weighted by Crippen LogP contribution is 2.54. The molecule has 3 rings (SSSR count). The Morgan fingerprint density at radius 1 is 0.839 bits per heavy atom. The fourth-order valence-electron chi connectivity index (χ4n) is 3.55. The molecule has 0 fully saturated rings. The van der Waals surface area contributed by atoms with E-state index in [2.05, 4.69) is 51.7 Å². The van der Waals surface area contributed by atoms with Crippen molar-refractivity contribution in [2.75, 3.05) is 32.5 Å². The van der Waals surface area contributed by atoms with Gasteiger partial charge in [0.05, 0.1) is 13.2 Å². The van der Waals surface area contributed by atoms with Crippen LogP contribution in [0.2, 0.25) is 0 Å². The number of benzene rings is 3. The lowest BCUT2D eigenvalue weighted by Crippen LogP contribution is -2.40. The topological polar surface area (TPSA) is 87.1 Å². The number of nitrogens with one attached hydrogen (secondary N) is 1. The largest absolute Gasteiger partial charge is 0.379 e. The third kappa shape index (κ3) is 5.93. The van der Waals surface area contributed by atoms with Crippen LogP contribution in [0, 0.1) is 0 Å². The molecule has 0 aliphatic heterocycles. The van der Waals surface area contributed by atoms with Gasteiger partial charge in [-0.15, -0.1) is 0 Å². The number of hydrogen-bond donors (Lipinski definition) is 1. The van der Waals surface area contributed by atoms with Crippen LogP contribution < -0.4 is 21.2 Å². The molecule has 0 radical (unpaired) electrons. The van der Waals surface area contributed by atoms with Crippen molar-refractivity contribution in [2.24, 2.45) is 5.11 Å². The van der Waals surface area contributed by atoms with Crippen LogP contribution in [0.1, 0.15) is 0 Å². The number of hydrogen-bond acceptors (Lipinski definition) is 3. The highest BCUT2D eigenvalue weighted by Gasteiger charge is 2.47. The van der Waals surface area contributed by atoms with E-state index in [4.69, 9.17) is 10.3 Å². The number of azide groups is 1. The third-order valence-electron chi connectivity index (χ3n) is 4.94. The highest BCUT2D eigenvalue weighted by atomic mass is 31.2. The second-order valence-electron chi connectivity index (χ2n) is 6.89. The number of carbonyl (C=O) groups is 1. The van der Waals surface area contributed by atoms with Gasteiger partial charge in [0, 0.05) is 18.0 Å². The Balaban J connectivity index is 1.86. The van der Waals surface area contributed by atoms with Gasteiger partial charge in [0.2, 0.25) is 0 Å². The van der Waals surface area contributed by atoms with Crippen LogP contribution in [0.25, 0.3) is 10.4 Å². The van der Waals surface area contributed by atoms with Crippen LogP contribution in [0.4, 0.5) is 0 Å². The molecule has 0 atom stereocenters. The van der Waals surface area contributed by atoms with E-state index in [0.717, 1.165) is 0 Å². The Hall–Kier alpha value is -3.17. The van der Waals surface area contributed by atoms with Crippen molar-refractivity contribution in [2.45, 2.75) is 0 Å². The van der Waals surface area contributed by atoms with Crippen LogP contribution in [0.15, 0.2) is 96.1 Å². The predicted octanol–water partition coefficient (Wildman–Crippen LogP) is 3.42. The van der Waals surface area contributed by atoms with E-state index >= 15 is 0 Å². The standard InChI is InChI=1S/C24H25N4O2P/c25-28-27-17-19-30-18-16-26-24(29)20-31(21-10-4-1-5-11-21,22-12-6-2-7-13-22)23-14-8-3-9-15-23/h1-15H,16-20H2/p+1. The molecule has 6 nitrogen and oxygen atoms in total. The Kier molecular flexibility index (Phi) is 8.62. The maximum atomic E-state index is 13.1. The molecule has 0 aliphatic rings. The van der Waals surface area contributed by atoms with Crippen molar-refractivity contribution in [1.82, 2.24) is 5.32 Å². The van der Waals surface area contributed by atoms with E-state index in [1.54, 1.807) is 0 Å². The maximum Gasteiger partial charge on any atom is 0.258 e. The van der Waals surface area contributed by atoms with Crippen molar-refractivity contribution in [3.63, 3.8) is 0 Å². The summed E-state index contributed by atoms with van der Waals surface area (Å²) in [5.41, 5.74) is 8.28. The summed E-state index contributed by atoms with van der Waals surface area (Å²) in [5, 5.41) is 9.95. The minimum absolute atomic E-state index is 0.0106. The zero-order valence-electron chi connectivity index (χ0n) is 17.3. The lowest BCUT2D eigenvalue weighted by atomic mass is 10.4. The molecule has 0 aromatic heterocycles. The molecule has 3 aromatic rings. The van der Waals surface area contributed by atoms with Crippen LogP contribution in [0.5, 0.6) is 0 Å². The smallest absolute Gasteiger partial charge is 0.258 e. The van der Waals surface area contributed by atoms with Crippen molar-refractivity contribution in [3.8, 4) is 0 Å². The van der Waals surface area contributed by atoms with Crippen LogP contribution in [-0.4, -0.2) is 38.4 Å². The van der Waals surface area contributed by atoms with E-state index in [0.29, 0.717) is 25.9 Å². The minimum atomic E-state index is -2.19. The van der Waals surface area contributed by atoms with Crippen LogP contribution >= 0.6 is 7.26 Å². The molecule has 1 N–H and O–H groups in total. The molecule has 0 spiro atoms. The first-order valence-corrected chi connectivity index (χ1v) is 12.1. The molecule has 0 saturated heterocycles. The van der Waals surface area contributed by atoms with Gasteiger partial charge in [0.1, 0.15) is 23.2 Å². The van der Waals surface area contributed by atoms with Gasteiger partial charge in [-0.05, 0) is 41.9 Å². The Morgan fingerprint density at radius 2 is 1.32 bits per heavy atom.